The minimum absolute atomic E-state index is 0.108. The van der Waals surface area contributed by atoms with E-state index >= 15 is 0 Å². The molecular formula is C14H19BrN2O. The Bertz CT molecular complexity index is 428. The number of halogens is 1. The first-order chi connectivity index (χ1) is 8.60. The number of hydrogen-bond donors (Lipinski definition) is 0. The van der Waals surface area contributed by atoms with E-state index in [1.165, 1.54) is 5.56 Å². The lowest BCUT2D eigenvalue weighted by molar-refractivity contribution is 0.292. The van der Waals surface area contributed by atoms with Crippen molar-refractivity contribution >= 4 is 15.9 Å². The van der Waals surface area contributed by atoms with Crippen molar-refractivity contribution in [3.05, 3.63) is 28.2 Å². The molecule has 0 aromatic heterocycles. The molecule has 0 bridgehead atoms. The van der Waals surface area contributed by atoms with Gasteiger partial charge in [-0.1, -0.05) is 13.0 Å². The van der Waals surface area contributed by atoms with E-state index in [9.17, 15) is 0 Å². The molecule has 98 valence electrons. The molecule has 0 aliphatic rings. The van der Waals surface area contributed by atoms with Crippen molar-refractivity contribution in [1.29, 1.82) is 5.26 Å². The molecule has 18 heavy (non-hydrogen) atoms. The van der Waals surface area contributed by atoms with Gasteiger partial charge >= 0.3 is 0 Å². The van der Waals surface area contributed by atoms with Crippen LogP contribution in [0.2, 0.25) is 0 Å². The van der Waals surface area contributed by atoms with Gasteiger partial charge in [-0.25, -0.2) is 0 Å². The van der Waals surface area contributed by atoms with Gasteiger partial charge in [0.25, 0.3) is 0 Å². The zero-order chi connectivity index (χ0) is 13.5. The first kappa shape index (κ1) is 15.0. The minimum Gasteiger partial charge on any atom is -0.496 e. The van der Waals surface area contributed by atoms with Gasteiger partial charge in [-0.05, 0) is 47.1 Å². The van der Waals surface area contributed by atoms with Crippen molar-refractivity contribution in [2.24, 2.45) is 5.92 Å². The Morgan fingerprint density at radius 1 is 1.50 bits per heavy atom. The van der Waals surface area contributed by atoms with Crippen molar-refractivity contribution in [2.75, 3.05) is 20.7 Å². The molecule has 0 fully saturated rings. The van der Waals surface area contributed by atoms with Crippen LogP contribution < -0.4 is 4.74 Å². The third kappa shape index (κ3) is 4.32. The fraction of sp³-hybridized carbons (Fsp3) is 0.500. The van der Waals surface area contributed by atoms with Gasteiger partial charge in [0.15, 0.2) is 0 Å². The highest BCUT2D eigenvalue weighted by Gasteiger charge is 2.09. The predicted molar refractivity (Wildman–Crippen MR) is 76.4 cm³/mol. The smallest absolute Gasteiger partial charge is 0.133 e. The highest BCUT2D eigenvalue weighted by atomic mass is 79.9. The summed E-state index contributed by atoms with van der Waals surface area (Å²) in [5, 5.41) is 8.95. The standard InChI is InChI=1S/C14H19BrN2O/c1-4-11(8-16)9-17(2)10-12-5-6-14(18-3)13(15)7-12/h5-7,11H,4,9-10H2,1-3H3. The third-order valence-electron chi connectivity index (χ3n) is 2.88. The summed E-state index contributed by atoms with van der Waals surface area (Å²) in [5.74, 6) is 0.946. The van der Waals surface area contributed by atoms with Crippen LogP contribution in [0.3, 0.4) is 0 Å². The summed E-state index contributed by atoms with van der Waals surface area (Å²) < 4.78 is 6.16. The number of nitriles is 1. The molecule has 0 heterocycles. The van der Waals surface area contributed by atoms with Gasteiger partial charge in [-0.2, -0.15) is 5.26 Å². The third-order valence-corrected chi connectivity index (χ3v) is 3.50. The molecule has 0 saturated heterocycles. The van der Waals surface area contributed by atoms with Crippen molar-refractivity contribution in [3.8, 4) is 11.8 Å². The molecule has 1 aromatic carbocycles. The second-order valence-corrected chi connectivity index (χ2v) is 5.25. The average molecular weight is 311 g/mol. The van der Waals surface area contributed by atoms with E-state index in [4.69, 9.17) is 10.00 Å². The van der Waals surface area contributed by atoms with Crippen LogP contribution in [0, 0.1) is 17.2 Å². The Morgan fingerprint density at radius 2 is 2.22 bits per heavy atom. The summed E-state index contributed by atoms with van der Waals surface area (Å²) in [4.78, 5) is 2.17. The molecule has 0 radical (unpaired) electrons. The molecule has 3 nitrogen and oxygen atoms in total. The monoisotopic (exact) mass is 310 g/mol. The van der Waals surface area contributed by atoms with E-state index in [1.54, 1.807) is 7.11 Å². The molecular weight excluding hydrogens is 292 g/mol. The Balaban J connectivity index is 2.62. The van der Waals surface area contributed by atoms with Crippen LogP contribution in [0.1, 0.15) is 18.9 Å². The lowest BCUT2D eigenvalue weighted by Gasteiger charge is -2.19. The molecule has 0 spiro atoms. The number of benzene rings is 1. The normalized spacial score (nSPS) is 12.2. The number of nitrogens with zero attached hydrogens (tertiary/aromatic N) is 2. The van der Waals surface area contributed by atoms with Crippen LogP contribution in [-0.4, -0.2) is 25.6 Å². The summed E-state index contributed by atoms with van der Waals surface area (Å²) in [6, 6.07) is 8.39. The van der Waals surface area contributed by atoms with E-state index in [0.29, 0.717) is 0 Å². The second-order valence-electron chi connectivity index (χ2n) is 4.40. The van der Waals surface area contributed by atoms with E-state index in [2.05, 4.69) is 33.0 Å². The Hall–Kier alpha value is -1.05. The fourth-order valence-electron chi connectivity index (χ4n) is 1.82. The first-order valence-corrected chi connectivity index (χ1v) is 6.80. The molecule has 0 N–H and O–H groups in total. The molecule has 0 aliphatic carbocycles. The summed E-state index contributed by atoms with van der Waals surface area (Å²) in [6.07, 6.45) is 0.896. The van der Waals surface area contributed by atoms with Gasteiger partial charge in [-0.15, -0.1) is 0 Å². The Labute approximate surface area is 117 Å². The molecule has 0 aliphatic heterocycles. The summed E-state index contributed by atoms with van der Waals surface area (Å²) in [6.45, 7) is 3.68. The topological polar surface area (TPSA) is 36.3 Å². The average Bonchev–Trinajstić information content (AvgIpc) is 2.36. The molecule has 1 rings (SSSR count). The van der Waals surface area contributed by atoms with Gasteiger partial charge < -0.3 is 9.64 Å². The van der Waals surface area contributed by atoms with E-state index in [1.807, 2.05) is 26.1 Å². The SMILES string of the molecule is CCC(C#N)CN(C)Cc1ccc(OC)c(Br)c1. The Morgan fingerprint density at radius 3 is 2.72 bits per heavy atom. The summed E-state index contributed by atoms with van der Waals surface area (Å²) in [7, 11) is 3.70. The number of ether oxygens (including phenoxy) is 1. The predicted octanol–water partition coefficient (Wildman–Crippen LogP) is 3.44. The van der Waals surface area contributed by atoms with Gasteiger partial charge in [0.2, 0.25) is 0 Å². The van der Waals surface area contributed by atoms with Gasteiger partial charge in [-0.3, -0.25) is 0 Å². The maximum Gasteiger partial charge on any atom is 0.133 e. The van der Waals surface area contributed by atoms with Gasteiger partial charge in [0.05, 0.1) is 23.6 Å². The van der Waals surface area contributed by atoms with Gasteiger partial charge in [0.1, 0.15) is 5.75 Å². The van der Waals surface area contributed by atoms with Gasteiger partial charge in [0, 0.05) is 13.1 Å². The summed E-state index contributed by atoms with van der Waals surface area (Å²) >= 11 is 3.48. The van der Waals surface area contributed by atoms with Crippen LogP contribution >= 0.6 is 15.9 Å². The van der Waals surface area contributed by atoms with Crippen LogP contribution in [0.25, 0.3) is 0 Å². The molecule has 1 aromatic rings. The number of hydrogen-bond acceptors (Lipinski definition) is 3. The zero-order valence-corrected chi connectivity index (χ0v) is 12.7. The van der Waals surface area contributed by atoms with Crippen LogP contribution in [0.4, 0.5) is 0 Å². The lowest BCUT2D eigenvalue weighted by atomic mass is 10.1. The first-order valence-electron chi connectivity index (χ1n) is 6.01. The molecule has 1 unspecified atom stereocenters. The number of rotatable bonds is 6. The maximum absolute atomic E-state index is 8.95. The lowest BCUT2D eigenvalue weighted by Crippen LogP contribution is -2.24. The molecule has 1 atom stereocenters. The largest absolute Gasteiger partial charge is 0.496 e. The molecule has 4 heteroatoms. The molecule has 0 amide bonds. The van der Waals surface area contributed by atoms with Crippen molar-refractivity contribution in [2.45, 2.75) is 19.9 Å². The van der Waals surface area contributed by atoms with E-state index in [-0.39, 0.29) is 5.92 Å². The van der Waals surface area contributed by atoms with Crippen molar-refractivity contribution in [3.63, 3.8) is 0 Å². The van der Waals surface area contributed by atoms with E-state index in [0.717, 1.165) is 29.7 Å². The van der Waals surface area contributed by atoms with Crippen LogP contribution in [-0.2, 0) is 6.54 Å². The zero-order valence-electron chi connectivity index (χ0n) is 11.1. The van der Waals surface area contributed by atoms with Crippen LogP contribution in [0.5, 0.6) is 5.75 Å². The maximum atomic E-state index is 8.95. The quantitative estimate of drug-likeness (QED) is 0.807. The minimum atomic E-state index is 0.108. The van der Waals surface area contributed by atoms with Crippen molar-refractivity contribution in [1.82, 2.24) is 4.90 Å². The number of methoxy groups -OCH3 is 1. The van der Waals surface area contributed by atoms with Crippen molar-refractivity contribution < 1.29 is 4.74 Å². The summed E-state index contributed by atoms with van der Waals surface area (Å²) in [5.41, 5.74) is 1.21. The second kappa shape index (κ2) is 7.40. The highest BCUT2D eigenvalue weighted by molar-refractivity contribution is 9.10. The Kier molecular flexibility index (Phi) is 6.17. The van der Waals surface area contributed by atoms with E-state index < -0.39 is 0 Å². The fourth-order valence-corrected chi connectivity index (χ4v) is 2.41. The molecule has 0 saturated carbocycles. The van der Waals surface area contributed by atoms with Crippen LogP contribution in [0.15, 0.2) is 22.7 Å². The highest BCUT2D eigenvalue weighted by Crippen LogP contribution is 2.26.